The number of nitrogens with zero attached hydrogens (tertiary/aromatic N) is 2. The van der Waals surface area contributed by atoms with E-state index >= 15 is 0 Å². The number of likely N-dealkylation sites (tertiary alicyclic amines) is 1. The van der Waals surface area contributed by atoms with Crippen molar-refractivity contribution >= 4 is 17.3 Å². The van der Waals surface area contributed by atoms with E-state index in [0.29, 0.717) is 25.9 Å². The van der Waals surface area contributed by atoms with E-state index in [1.807, 2.05) is 42.2 Å². The lowest BCUT2D eigenvalue weighted by Gasteiger charge is -2.35. The number of piperidine rings is 1. The van der Waals surface area contributed by atoms with Gasteiger partial charge in [-0.3, -0.25) is 14.9 Å². The van der Waals surface area contributed by atoms with Crippen LogP contribution in [0.3, 0.4) is 0 Å². The Bertz CT molecular complexity index is 836. The molecule has 1 fully saturated rings. The molecule has 0 spiro atoms. The van der Waals surface area contributed by atoms with Crippen LogP contribution in [0.25, 0.3) is 0 Å². The van der Waals surface area contributed by atoms with Gasteiger partial charge in [-0.05, 0) is 30.9 Å². The van der Waals surface area contributed by atoms with E-state index in [0.717, 1.165) is 24.1 Å². The molecule has 1 heterocycles. The maximum atomic E-state index is 13.5. The highest BCUT2D eigenvalue weighted by molar-refractivity contribution is 5.83. The minimum Gasteiger partial charge on any atom is -0.377 e. The van der Waals surface area contributed by atoms with Gasteiger partial charge in [-0.25, -0.2) is 4.39 Å². The highest BCUT2D eigenvalue weighted by Crippen LogP contribution is 2.29. The average Bonchev–Trinajstić information content (AvgIpc) is 2.69. The summed E-state index contributed by atoms with van der Waals surface area (Å²) in [4.78, 5) is 25.4. The van der Waals surface area contributed by atoms with Crippen LogP contribution < -0.4 is 5.32 Å². The number of benzene rings is 2. The Morgan fingerprint density at radius 1 is 1.25 bits per heavy atom. The van der Waals surface area contributed by atoms with E-state index in [9.17, 15) is 19.3 Å². The van der Waals surface area contributed by atoms with Crippen LogP contribution in [-0.4, -0.2) is 34.9 Å². The number of nitrogens with one attached hydrogen (secondary N) is 1. The normalized spacial score (nSPS) is 15.9. The Balaban J connectivity index is 1.62. The Hall–Kier alpha value is -2.96. The number of nitro groups is 1. The number of halogens is 1. The lowest BCUT2D eigenvalue weighted by atomic mass is 9.93. The van der Waals surface area contributed by atoms with Crippen LogP contribution >= 0.6 is 0 Å². The van der Waals surface area contributed by atoms with Crippen LogP contribution in [0.15, 0.2) is 48.5 Å². The van der Waals surface area contributed by atoms with Gasteiger partial charge < -0.3 is 10.2 Å². The van der Waals surface area contributed by atoms with Crippen molar-refractivity contribution in [2.75, 3.05) is 18.4 Å². The topological polar surface area (TPSA) is 75.5 Å². The van der Waals surface area contributed by atoms with Crippen molar-refractivity contribution in [2.24, 2.45) is 0 Å². The Morgan fingerprint density at radius 2 is 1.93 bits per heavy atom. The van der Waals surface area contributed by atoms with Gasteiger partial charge in [0.05, 0.1) is 10.8 Å². The maximum Gasteiger partial charge on any atom is 0.292 e. The van der Waals surface area contributed by atoms with Crippen molar-refractivity contribution in [1.82, 2.24) is 4.90 Å². The van der Waals surface area contributed by atoms with Gasteiger partial charge in [0.25, 0.3) is 5.69 Å². The smallest absolute Gasteiger partial charge is 0.292 e. The van der Waals surface area contributed by atoms with E-state index in [4.69, 9.17) is 0 Å². The number of carbonyl (C=O) groups excluding carboxylic acids is 1. The minimum absolute atomic E-state index is 0.0404. The highest BCUT2D eigenvalue weighted by atomic mass is 19.1. The molecule has 28 heavy (non-hydrogen) atoms. The summed E-state index contributed by atoms with van der Waals surface area (Å²) in [6.07, 6.45) is 2.05. The monoisotopic (exact) mass is 385 g/mol. The van der Waals surface area contributed by atoms with Crippen molar-refractivity contribution in [3.05, 3.63) is 70.0 Å². The van der Waals surface area contributed by atoms with Crippen molar-refractivity contribution in [2.45, 2.75) is 38.1 Å². The van der Waals surface area contributed by atoms with Gasteiger partial charge in [-0.2, -0.15) is 0 Å². The fourth-order valence-corrected chi connectivity index (χ4v) is 3.71. The summed E-state index contributed by atoms with van der Waals surface area (Å²) in [7, 11) is 0. The maximum absolute atomic E-state index is 13.5. The zero-order valence-electron chi connectivity index (χ0n) is 15.8. The molecule has 0 saturated carbocycles. The number of anilines is 1. The van der Waals surface area contributed by atoms with Crippen LogP contribution in [0, 0.1) is 15.9 Å². The molecule has 6 nitrogen and oxygen atoms in total. The second kappa shape index (κ2) is 8.82. The quantitative estimate of drug-likeness (QED) is 0.593. The predicted octanol–water partition coefficient (Wildman–Crippen LogP) is 4.33. The van der Waals surface area contributed by atoms with Crippen LogP contribution in [0.5, 0.6) is 0 Å². The highest BCUT2D eigenvalue weighted by Gasteiger charge is 2.29. The van der Waals surface area contributed by atoms with Crippen molar-refractivity contribution in [1.29, 1.82) is 0 Å². The van der Waals surface area contributed by atoms with Crippen LogP contribution in [0.1, 0.15) is 37.7 Å². The Labute approximate surface area is 163 Å². The zero-order chi connectivity index (χ0) is 20.1. The van der Waals surface area contributed by atoms with Gasteiger partial charge >= 0.3 is 0 Å². The molecular weight excluding hydrogens is 361 g/mol. The van der Waals surface area contributed by atoms with Crippen molar-refractivity contribution in [3.8, 4) is 0 Å². The predicted molar refractivity (Wildman–Crippen MR) is 106 cm³/mol. The molecule has 1 amide bonds. The second-order valence-electron chi connectivity index (χ2n) is 7.03. The summed E-state index contributed by atoms with van der Waals surface area (Å²) in [5, 5.41) is 14.2. The second-order valence-corrected chi connectivity index (χ2v) is 7.03. The molecule has 1 saturated heterocycles. The van der Waals surface area contributed by atoms with E-state index in [1.54, 1.807) is 0 Å². The third kappa shape index (κ3) is 4.47. The van der Waals surface area contributed by atoms with Crippen molar-refractivity contribution < 1.29 is 14.1 Å². The molecule has 2 aromatic carbocycles. The molecule has 0 aliphatic carbocycles. The number of hydrogen-bond donors (Lipinski definition) is 1. The number of amides is 1. The van der Waals surface area contributed by atoms with Gasteiger partial charge in [0.1, 0.15) is 11.5 Å². The molecule has 7 heteroatoms. The summed E-state index contributed by atoms with van der Waals surface area (Å²) in [5.41, 5.74) is 1.06. The fraction of sp³-hybridized carbons (Fsp3) is 0.381. The Kier molecular flexibility index (Phi) is 6.23. The third-order valence-electron chi connectivity index (χ3n) is 5.23. The number of hydrogen-bond acceptors (Lipinski definition) is 4. The number of nitro benzene ring substituents is 1. The molecule has 3 rings (SSSR count). The number of rotatable bonds is 6. The van der Waals surface area contributed by atoms with E-state index in [2.05, 4.69) is 5.32 Å². The van der Waals surface area contributed by atoms with E-state index in [1.165, 1.54) is 6.07 Å². The summed E-state index contributed by atoms with van der Waals surface area (Å²) < 4.78 is 13.5. The molecule has 0 aromatic heterocycles. The molecule has 1 N–H and O–H groups in total. The summed E-state index contributed by atoms with van der Waals surface area (Å²) in [5.74, 6) is -0.562. The lowest BCUT2D eigenvalue weighted by molar-refractivity contribution is -0.384. The van der Waals surface area contributed by atoms with Gasteiger partial charge in [-0.15, -0.1) is 0 Å². The minimum atomic E-state index is -0.522. The zero-order valence-corrected chi connectivity index (χ0v) is 15.8. The first-order valence-corrected chi connectivity index (χ1v) is 9.53. The van der Waals surface area contributed by atoms with E-state index in [-0.39, 0.29) is 29.2 Å². The first-order valence-electron chi connectivity index (χ1n) is 9.53. The first kappa shape index (κ1) is 19.8. The molecule has 1 aliphatic rings. The third-order valence-corrected chi connectivity index (χ3v) is 5.23. The van der Waals surface area contributed by atoms with E-state index < -0.39 is 10.7 Å². The molecule has 148 valence electrons. The molecule has 1 aliphatic heterocycles. The van der Waals surface area contributed by atoms with Crippen LogP contribution in [-0.2, 0) is 4.79 Å². The summed E-state index contributed by atoms with van der Waals surface area (Å²) in [6, 6.07) is 13.1. The Morgan fingerprint density at radius 3 is 2.54 bits per heavy atom. The van der Waals surface area contributed by atoms with Gasteiger partial charge in [0.2, 0.25) is 5.91 Å². The summed E-state index contributed by atoms with van der Waals surface area (Å²) in [6.45, 7) is 3.15. The number of carbonyl (C=O) groups is 1. The summed E-state index contributed by atoms with van der Waals surface area (Å²) >= 11 is 0. The fourth-order valence-electron chi connectivity index (χ4n) is 3.71. The largest absolute Gasteiger partial charge is 0.377 e. The van der Waals surface area contributed by atoms with Crippen molar-refractivity contribution in [3.63, 3.8) is 0 Å². The standard InChI is InChI=1S/C21H24FN3O3/c1-2-18(15-6-4-3-5-7-15)21(26)24-12-10-17(11-13-24)23-19-14-16(22)8-9-20(19)25(27)28/h3-9,14,17-18,23H,2,10-13H2,1H3. The van der Waals surface area contributed by atoms with Crippen LogP contribution in [0.4, 0.5) is 15.8 Å². The van der Waals surface area contributed by atoms with Gasteiger partial charge in [0, 0.05) is 31.3 Å². The molecule has 2 aromatic rings. The molecular formula is C21H24FN3O3. The lowest BCUT2D eigenvalue weighted by Crippen LogP contribution is -2.44. The SMILES string of the molecule is CCC(C(=O)N1CCC(Nc2cc(F)ccc2[N+](=O)[O-])CC1)c1ccccc1. The first-order chi connectivity index (χ1) is 13.5. The van der Waals surface area contributed by atoms with Gasteiger partial charge in [0.15, 0.2) is 0 Å². The molecule has 1 atom stereocenters. The molecule has 0 bridgehead atoms. The average molecular weight is 385 g/mol. The molecule has 0 radical (unpaired) electrons. The van der Waals surface area contributed by atoms with Crippen LogP contribution in [0.2, 0.25) is 0 Å². The molecule has 1 unspecified atom stereocenters. The van der Waals surface area contributed by atoms with Gasteiger partial charge in [-0.1, -0.05) is 37.3 Å².